The molecule has 3 unspecified atom stereocenters. The molecule has 2 N–H and O–H groups in total. The van der Waals surface area contributed by atoms with E-state index in [0.717, 1.165) is 36.9 Å². The average molecular weight is 402 g/mol. The normalized spacial score (nSPS) is 23.6. The van der Waals surface area contributed by atoms with E-state index in [2.05, 4.69) is 5.16 Å². The second kappa shape index (κ2) is 7.18. The number of hydrogen-bond donors (Lipinski definition) is 1. The fourth-order valence-electron chi connectivity index (χ4n) is 4.54. The molecule has 1 saturated carbocycles. The molecule has 2 aliphatic rings. The van der Waals surface area contributed by atoms with Crippen LogP contribution in [0.5, 0.6) is 0 Å². The van der Waals surface area contributed by atoms with Crippen LogP contribution in [0.3, 0.4) is 0 Å². The summed E-state index contributed by atoms with van der Waals surface area (Å²) in [5.74, 6) is 1.20. The molecule has 7 heteroatoms. The predicted molar refractivity (Wildman–Crippen MR) is 107 cm³/mol. The summed E-state index contributed by atoms with van der Waals surface area (Å²) in [4.78, 5) is 14.9. The van der Waals surface area contributed by atoms with Crippen LogP contribution >= 0.6 is 12.4 Å². The van der Waals surface area contributed by atoms with Crippen molar-refractivity contribution in [1.29, 1.82) is 0 Å². The van der Waals surface area contributed by atoms with Crippen molar-refractivity contribution in [3.8, 4) is 11.3 Å². The monoisotopic (exact) mass is 401 g/mol. The summed E-state index contributed by atoms with van der Waals surface area (Å²) in [5.41, 5.74) is 8.20. The van der Waals surface area contributed by atoms with E-state index in [-0.39, 0.29) is 30.2 Å². The van der Waals surface area contributed by atoms with Crippen molar-refractivity contribution in [3.63, 3.8) is 0 Å². The highest BCUT2D eigenvalue weighted by Crippen LogP contribution is 2.38. The van der Waals surface area contributed by atoms with Gasteiger partial charge in [0.05, 0.1) is 5.39 Å². The Hall–Kier alpha value is -2.44. The topological polar surface area (TPSA) is 72.4 Å². The summed E-state index contributed by atoms with van der Waals surface area (Å²) < 4.78 is 18.7. The SMILES string of the molecule is Cl.NC1CCC2CN(C(=O)c3ccc4noc(-c5ccc(F)cc5)c4c3)CC12. The van der Waals surface area contributed by atoms with Crippen LogP contribution in [0.25, 0.3) is 22.2 Å². The molecular weight excluding hydrogens is 381 g/mol. The Labute approximate surface area is 168 Å². The van der Waals surface area contributed by atoms with Gasteiger partial charge in [0.25, 0.3) is 5.91 Å². The minimum atomic E-state index is -0.309. The Balaban J connectivity index is 0.00000192. The lowest BCUT2D eigenvalue weighted by Gasteiger charge is -2.18. The van der Waals surface area contributed by atoms with Gasteiger partial charge in [-0.1, -0.05) is 5.16 Å². The Morgan fingerprint density at radius 1 is 1.14 bits per heavy atom. The number of benzene rings is 2. The number of carbonyl (C=O) groups is 1. The van der Waals surface area contributed by atoms with E-state index < -0.39 is 0 Å². The molecule has 3 aromatic rings. The Morgan fingerprint density at radius 2 is 1.93 bits per heavy atom. The molecular formula is C21H21ClFN3O2. The molecule has 0 radical (unpaired) electrons. The zero-order valence-electron chi connectivity index (χ0n) is 15.2. The molecule has 3 atom stereocenters. The second-order valence-corrected chi connectivity index (χ2v) is 7.63. The number of fused-ring (bicyclic) bond motifs is 2. The van der Waals surface area contributed by atoms with E-state index in [1.807, 2.05) is 11.0 Å². The van der Waals surface area contributed by atoms with Crippen molar-refractivity contribution in [2.75, 3.05) is 13.1 Å². The molecule has 0 spiro atoms. The van der Waals surface area contributed by atoms with Crippen LogP contribution in [0.15, 0.2) is 47.0 Å². The molecule has 1 aliphatic heterocycles. The standard InChI is InChI=1S/C21H20FN3O2.ClH/c22-15-5-1-12(2-6-15)20-16-9-13(4-8-19(16)24-27-20)21(26)25-10-14-3-7-18(23)17(14)11-25;/h1-2,4-6,8-9,14,17-18H,3,7,10-11,23H2;1H. The molecule has 5 rings (SSSR count). The molecule has 1 saturated heterocycles. The Bertz CT molecular complexity index is 1020. The largest absolute Gasteiger partial charge is 0.355 e. The molecule has 0 bridgehead atoms. The van der Waals surface area contributed by atoms with Gasteiger partial charge in [-0.25, -0.2) is 4.39 Å². The van der Waals surface area contributed by atoms with Gasteiger partial charge in [0.1, 0.15) is 11.3 Å². The number of aromatic nitrogens is 1. The summed E-state index contributed by atoms with van der Waals surface area (Å²) in [6, 6.07) is 11.7. The highest BCUT2D eigenvalue weighted by molar-refractivity contribution is 6.01. The van der Waals surface area contributed by atoms with Crippen LogP contribution in [0, 0.1) is 17.7 Å². The molecule has 2 aromatic carbocycles. The fraction of sp³-hybridized carbons (Fsp3) is 0.333. The van der Waals surface area contributed by atoms with Gasteiger partial charge in [-0.3, -0.25) is 4.79 Å². The van der Waals surface area contributed by atoms with Crippen LogP contribution in [0.2, 0.25) is 0 Å². The number of rotatable bonds is 2. The molecule has 28 heavy (non-hydrogen) atoms. The van der Waals surface area contributed by atoms with E-state index in [1.165, 1.54) is 12.1 Å². The van der Waals surface area contributed by atoms with E-state index in [9.17, 15) is 9.18 Å². The van der Waals surface area contributed by atoms with Gasteiger partial charge in [0.2, 0.25) is 0 Å². The maximum Gasteiger partial charge on any atom is 0.253 e. The minimum Gasteiger partial charge on any atom is -0.355 e. The number of amides is 1. The number of carbonyl (C=O) groups excluding carboxylic acids is 1. The quantitative estimate of drug-likeness (QED) is 0.707. The molecule has 2 fully saturated rings. The summed E-state index contributed by atoms with van der Waals surface area (Å²) in [6.07, 6.45) is 2.17. The van der Waals surface area contributed by atoms with Crippen molar-refractivity contribution in [2.24, 2.45) is 17.6 Å². The molecule has 146 valence electrons. The van der Waals surface area contributed by atoms with Gasteiger partial charge in [-0.05, 0) is 67.1 Å². The highest BCUT2D eigenvalue weighted by atomic mass is 35.5. The van der Waals surface area contributed by atoms with Crippen molar-refractivity contribution < 1.29 is 13.7 Å². The average Bonchev–Trinajstić information content (AvgIpc) is 3.37. The smallest absolute Gasteiger partial charge is 0.253 e. The minimum absolute atomic E-state index is 0. The van der Waals surface area contributed by atoms with Crippen molar-refractivity contribution in [3.05, 3.63) is 53.8 Å². The number of nitrogens with two attached hydrogens (primary N) is 1. The summed E-state index contributed by atoms with van der Waals surface area (Å²) >= 11 is 0. The zero-order chi connectivity index (χ0) is 18.5. The van der Waals surface area contributed by atoms with Crippen molar-refractivity contribution in [1.82, 2.24) is 10.1 Å². The van der Waals surface area contributed by atoms with Crippen LogP contribution < -0.4 is 5.73 Å². The third kappa shape index (κ3) is 3.06. The van der Waals surface area contributed by atoms with Gasteiger partial charge in [0.15, 0.2) is 5.76 Å². The van der Waals surface area contributed by atoms with Crippen LogP contribution in [0.4, 0.5) is 4.39 Å². The summed E-state index contributed by atoms with van der Waals surface area (Å²) in [7, 11) is 0. The van der Waals surface area contributed by atoms with Gasteiger partial charge in [0, 0.05) is 30.3 Å². The summed E-state index contributed by atoms with van der Waals surface area (Å²) in [5, 5.41) is 4.81. The van der Waals surface area contributed by atoms with Gasteiger partial charge < -0.3 is 15.2 Å². The first-order chi connectivity index (χ1) is 13.1. The first-order valence-electron chi connectivity index (χ1n) is 9.30. The highest BCUT2D eigenvalue weighted by Gasteiger charge is 2.42. The van der Waals surface area contributed by atoms with Crippen LogP contribution in [-0.4, -0.2) is 35.1 Å². The fourth-order valence-corrected chi connectivity index (χ4v) is 4.54. The van der Waals surface area contributed by atoms with Crippen molar-refractivity contribution in [2.45, 2.75) is 18.9 Å². The maximum absolute atomic E-state index is 13.2. The van der Waals surface area contributed by atoms with Gasteiger partial charge in [-0.2, -0.15) is 0 Å². The Kier molecular flexibility index (Phi) is 4.85. The van der Waals surface area contributed by atoms with Crippen LogP contribution in [-0.2, 0) is 0 Å². The van der Waals surface area contributed by atoms with Gasteiger partial charge >= 0.3 is 0 Å². The first-order valence-corrected chi connectivity index (χ1v) is 9.30. The van der Waals surface area contributed by atoms with E-state index in [0.29, 0.717) is 28.7 Å². The predicted octanol–water partition coefficient (Wildman–Crippen LogP) is 3.87. The summed E-state index contributed by atoms with van der Waals surface area (Å²) in [6.45, 7) is 1.51. The second-order valence-electron chi connectivity index (χ2n) is 7.63. The maximum atomic E-state index is 13.2. The number of halogens is 2. The zero-order valence-corrected chi connectivity index (χ0v) is 16.0. The van der Waals surface area contributed by atoms with Crippen LogP contribution in [0.1, 0.15) is 23.2 Å². The Morgan fingerprint density at radius 3 is 2.68 bits per heavy atom. The van der Waals surface area contributed by atoms with Crippen molar-refractivity contribution >= 4 is 29.2 Å². The lowest BCUT2D eigenvalue weighted by molar-refractivity contribution is 0.0780. The lowest BCUT2D eigenvalue weighted by Crippen LogP contribution is -2.33. The molecule has 2 heterocycles. The molecule has 1 amide bonds. The van der Waals surface area contributed by atoms with E-state index >= 15 is 0 Å². The van der Waals surface area contributed by atoms with E-state index in [4.69, 9.17) is 10.3 Å². The van der Waals surface area contributed by atoms with Gasteiger partial charge in [-0.15, -0.1) is 12.4 Å². The number of likely N-dealkylation sites (tertiary alicyclic amines) is 1. The third-order valence-electron chi connectivity index (χ3n) is 6.03. The first kappa shape index (κ1) is 18.9. The van der Waals surface area contributed by atoms with E-state index in [1.54, 1.807) is 24.3 Å². The number of nitrogens with zero attached hydrogens (tertiary/aromatic N) is 2. The lowest BCUT2D eigenvalue weighted by atomic mass is 9.98. The molecule has 5 nitrogen and oxygen atoms in total. The number of hydrogen-bond acceptors (Lipinski definition) is 4. The molecule has 1 aromatic heterocycles. The molecule has 1 aliphatic carbocycles. The third-order valence-corrected chi connectivity index (χ3v) is 6.03.